The van der Waals surface area contributed by atoms with Crippen molar-refractivity contribution in [1.29, 1.82) is 0 Å². The van der Waals surface area contributed by atoms with Crippen LogP contribution in [0.1, 0.15) is 42.3 Å². The van der Waals surface area contributed by atoms with Crippen LogP contribution in [0.3, 0.4) is 0 Å². The number of nitrogens with zero attached hydrogens (tertiary/aromatic N) is 5. The van der Waals surface area contributed by atoms with Crippen LogP contribution in [0, 0.1) is 12.7 Å². The van der Waals surface area contributed by atoms with Gasteiger partial charge in [-0.05, 0) is 36.6 Å². The van der Waals surface area contributed by atoms with E-state index in [9.17, 15) is 9.18 Å². The van der Waals surface area contributed by atoms with Crippen molar-refractivity contribution in [3.8, 4) is 5.75 Å². The number of halogens is 2. The molecule has 1 aromatic carbocycles. The first-order chi connectivity index (χ1) is 17.2. The van der Waals surface area contributed by atoms with Crippen LogP contribution in [0.2, 0.25) is 5.02 Å². The number of aryl methyl sites for hydroxylation is 1. The van der Waals surface area contributed by atoms with Crippen LogP contribution in [0.25, 0.3) is 16.7 Å². The van der Waals surface area contributed by atoms with Crippen LogP contribution in [0.4, 0.5) is 10.2 Å². The highest BCUT2D eigenvalue weighted by Crippen LogP contribution is 2.28. The van der Waals surface area contributed by atoms with E-state index in [-0.39, 0.29) is 28.7 Å². The predicted octanol–water partition coefficient (Wildman–Crippen LogP) is 4.66. The van der Waals surface area contributed by atoms with Crippen molar-refractivity contribution in [2.75, 3.05) is 12.4 Å². The third-order valence-electron chi connectivity index (χ3n) is 6.11. The van der Waals surface area contributed by atoms with Gasteiger partial charge in [-0.2, -0.15) is 10.1 Å². The Labute approximate surface area is 210 Å². The Morgan fingerprint density at radius 2 is 2.00 bits per heavy atom. The summed E-state index contributed by atoms with van der Waals surface area (Å²) in [4.78, 5) is 23.6. The molecule has 2 N–H and O–H groups in total. The number of aromatic nitrogens is 6. The highest BCUT2D eigenvalue weighted by atomic mass is 35.5. The van der Waals surface area contributed by atoms with Gasteiger partial charge >= 0.3 is 5.69 Å². The number of rotatable bonds is 7. The summed E-state index contributed by atoms with van der Waals surface area (Å²) in [5.74, 6) is 0.125. The number of ether oxygens (including phenoxy) is 1. The molecule has 4 aromatic heterocycles. The molecule has 186 valence electrons. The molecule has 0 atom stereocenters. The van der Waals surface area contributed by atoms with Gasteiger partial charge in [-0.15, -0.1) is 0 Å². The number of H-pyrrole nitrogens is 1. The third kappa shape index (κ3) is 4.28. The molecule has 0 aliphatic heterocycles. The monoisotopic (exact) mass is 509 g/mol. The lowest BCUT2D eigenvalue weighted by molar-refractivity contribution is 0.384. The van der Waals surface area contributed by atoms with Crippen LogP contribution in [0.5, 0.6) is 5.75 Å². The molecule has 0 amide bonds. The van der Waals surface area contributed by atoms with Gasteiger partial charge in [0.2, 0.25) is 0 Å². The highest BCUT2D eigenvalue weighted by molar-refractivity contribution is 6.31. The zero-order valence-electron chi connectivity index (χ0n) is 20.3. The normalized spacial score (nSPS) is 11.6. The summed E-state index contributed by atoms with van der Waals surface area (Å²) in [5.41, 5.74) is 4.11. The molecule has 0 aliphatic carbocycles. The first-order valence-electron chi connectivity index (χ1n) is 11.4. The number of nitrogens with one attached hydrogen (secondary N) is 2. The van der Waals surface area contributed by atoms with E-state index < -0.39 is 11.5 Å². The molecule has 36 heavy (non-hydrogen) atoms. The van der Waals surface area contributed by atoms with Crippen molar-refractivity contribution in [1.82, 2.24) is 29.1 Å². The molecular formula is C25H25ClFN7O2. The molecule has 0 aliphatic rings. The maximum Gasteiger partial charge on any atom is 0.348 e. The van der Waals surface area contributed by atoms with Gasteiger partial charge in [0.1, 0.15) is 11.5 Å². The second-order valence-electron chi connectivity index (χ2n) is 8.88. The van der Waals surface area contributed by atoms with Crippen molar-refractivity contribution in [3.05, 3.63) is 80.5 Å². The Morgan fingerprint density at radius 1 is 1.19 bits per heavy atom. The summed E-state index contributed by atoms with van der Waals surface area (Å²) in [6.07, 6.45) is 3.83. The predicted molar refractivity (Wildman–Crippen MR) is 137 cm³/mol. The van der Waals surface area contributed by atoms with E-state index in [0.29, 0.717) is 23.5 Å². The van der Waals surface area contributed by atoms with Crippen molar-refractivity contribution in [3.63, 3.8) is 0 Å². The number of aromatic amines is 1. The number of imidazole rings is 1. The molecule has 0 saturated heterocycles. The van der Waals surface area contributed by atoms with E-state index in [4.69, 9.17) is 21.3 Å². The van der Waals surface area contributed by atoms with Crippen molar-refractivity contribution < 1.29 is 9.13 Å². The Balaban J connectivity index is 1.45. The van der Waals surface area contributed by atoms with Gasteiger partial charge in [-0.1, -0.05) is 31.5 Å². The highest BCUT2D eigenvalue weighted by Gasteiger charge is 2.16. The minimum atomic E-state index is -0.569. The molecular weight excluding hydrogens is 485 g/mol. The zero-order valence-corrected chi connectivity index (χ0v) is 21.0. The molecule has 5 aromatic rings. The van der Waals surface area contributed by atoms with Gasteiger partial charge in [0.15, 0.2) is 17.2 Å². The lowest BCUT2D eigenvalue weighted by Gasteiger charge is -2.11. The van der Waals surface area contributed by atoms with Gasteiger partial charge in [0, 0.05) is 35.2 Å². The summed E-state index contributed by atoms with van der Waals surface area (Å²) in [6, 6.07) is 7.01. The van der Waals surface area contributed by atoms with E-state index in [0.717, 1.165) is 22.6 Å². The number of hydrogen-bond acceptors (Lipinski definition) is 6. The molecule has 0 spiro atoms. The molecule has 9 nitrogen and oxygen atoms in total. The molecule has 0 unspecified atom stereocenters. The van der Waals surface area contributed by atoms with Crippen LogP contribution < -0.4 is 15.7 Å². The molecule has 0 radical (unpaired) electrons. The van der Waals surface area contributed by atoms with Crippen LogP contribution in [-0.4, -0.2) is 36.2 Å². The largest absolute Gasteiger partial charge is 0.494 e. The van der Waals surface area contributed by atoms with Crippen LogP contribution >= 0.6 is 11.6 Å². The summed E-state index contributed by atoms with van der Waals surface area (Å²) < 4.78 is 23.5. The van der Waals surface area contributed by atoms with Crippen molar-refractivity contribution >= 4 is 34.1 Å². The zero-order chi connectivity index (χ0) is 25.6. The smallest absolute Gasteiger partial charge is 0.348 e. The van der Waals surface area contributed by atoms with Gasteiger partial charge in [0.05, 0.1) is 24.7 Å². The Hall–Kier alpha value is -3.92. The second kappa shape index (κ2) is 9.27. The molecule has 0 saturated carbocycles. The van der Waals surface area contributed by atoms with Gasteiger partial charge < -0.3 is 14.5 Å². The van der Waals surface area contributed by atoms with Gasteiger partial charge in [-0.25, -0.2) is 14.2 Å². The summed E-state index contributed by atoms with van der Waals surface area (Å²) in [5, 5.41) is 8.37. The minimum absolute atomic E-state index is 0.00730. The molecule has 0 fully saturated rings. The summed E-state index contributed by atoms with van der Waals surface area (Å²) in [7, 11) is 1.38. The van der Waals surface area contributed by atoms with Crippen molar-refractivity contribution in [2.45, 2.75) is 39.8 Å². The van der Waals surface area contributed by atoms with Crippen molar-refractivity contribution in [2.24, 2.45) is 0 Å². The third-order valence-corrected chi connectivity index (χ3v) is 6.46. The van der Waals surface area contributed by atoms with Gasteiger partial charge in [-0.3, -0.25) is 9.67 Å². The van der Waals surface area contributed by atoms with E-state index in [2.05, 4.69) is 45.6 Å². The number of anilines is 1. The average Bonchev–Trinajstić information content (AvgIpc) is 3.39. The SMILES string of the molecule is COc1ccc(Cl)c(CNc2nc(=O)[nH]c3nn(Cc4ccc5nc(C(C)C)c(C)n5c4)cc23)c1F. The summed E-state index contributed by atoms with van der Waals surface area (Å²) >= 11 is 6.19. The lowest BCUT2D eigenvalue weighted by Crippen LogP contribution is -2.14. The fourth-order valence-electron chi connectivity index (χ4n) is 4.31. The Bertz CT molecular complexity index is 1650. The van der Waals surface area contributed by atoms with Crippen LogP contribution in [-0.2, 0) is 13.1 Å². The quantitative estimate of drug-likeness (QED) is 0.331. The maximum atomic E-state index is 14.7. The topological polar surface area (TPSA) is 102 Å². The Kier molecular flexibility index (Phi) is 6.13. The number of hydrogen-bond donors (Lipinski definition) is 2. The fourth-order valence-corrected chi connectivity index (χ4v) is 4.53. The standard InChI is InChI=1S/C25H25ClFN7O2/c1-13(2)22-14(3)34-11-15(5-8-20(34)29-22)10-33-12-17-23(30-25(35)31-24(17)32-33)28-9-16-18(26)6-7-19(36-4)21(16)27/h5-8,11-13H,9-10H2,1-4H3,(H2,28,30,31,32,35). The minimum Gasteiger partial charge on any atom is -0.494 e. The number of methoxy groups -OCH3 is 1. The molecule has 11 heteroatoms. The summed E-state index contributed by atoms with van der Waals surface area (Å²) in [6.45, 7) is 6.79. The van der Waals surface area contributed by atoms with E-state index in [1.165, 1.54) is 13.2 Å². The lowest BCUT2D eigenvalue weighted by atomic mass is 10.1. The molecule has 4 heterocycles. The number of benzene rings is 1. The maximum absolute atomic E-state index is 14.7. The van der Waals surface area contributed by atoms with Crippen LogP contribution in [0.15, 0.2) is 41.5 Å². The van der Waals surface area contributed by atoms with E-state index in [1.54, 1.807) is 16.9 Å². The second-order valence-corrected chi connectivity index (χ2v) is 9.29. The molecule has 0 bridgehead atoms. The first-order valence-corrected chi connectivity index (χ1v) is 11.8. The average molecular weight is 510 g/mol. The molecule has 5 rings (SSSR count). The number of pyridine rings is 1. The number of fused-ring (bicyclic) bond motifs is 2. The first kappa shape index (κ1) is 23.8. The fraction of sp³-hybridized carbons (Fsp3) is 0.280. The van der Waals surface area contributed by atoms with E-state index >= 15 is 0 Å². The Morgan fingerprint density at radius 3 is 2.75 bits per heavy atom. The van der Waals surface area contributed by atoms with Gasteiger partial charge in [0.25, 0.3) is 0 Å². The van der Waals surface area contributed by atoms with E-state index in [1.807, 2.05) is 18.3 Å².